The number of carbonyl (C=O) groups is 2. The van der Waals surface area contributed by atoms with Crippen molar-refractivity contribution in [2.75, 3.05) is 19.0 Å². The number of anilines is 1. The minimum Gasteiger partial charge on any atom is -0.497 e. The van der Waals surface area contributed by atoms with Crippen LogP contribution in [0.5, 0.6) is 5.75 Å². The van der Waals surface area contributed by atoms with E-state index < -0.39 is 11.9 Å². The highest BCUT2D eigenvalue weighted by Gasteiger charge is 2.19. The van der Waals surface area contributed by atoms with E-state index in [1.165, 1.54) is 6.39 Å². The van der Waals surface area contributed by atoms with Gasteiger partial charge < -0.3 is 19.2 Å². The van der Waals surface area contributed by atoms with Crippen molar-refractivity contribution in [3.63, 3.8) is 0 Å². The van der Waals surface area contributed by atoms with Gasteiger partial charge in [0.1, 0.15) is 5.75 Å². The van der Waals surface area contributed by atoms with E-state index in [9.17, 15) is 9.59 Å². The second-order valence-electron chi connectivity index (χ2n) is 5.52. The van der Waals surface area contributed by atoms with E-state index in [4.69, 9.17) is 13.9 Å². The Morgan fingerprint density at radius 2 is 1.96 bits per heavy atom. The summed E-state index contributed by atoms with van der Waals surface area (Å²) in [7, 11) is 1.56. The molecule has 7 heteroatoms. The zero-order chi connectivity index (χ0) is 19.2. The average Bonchev–Trinajstić information content (AvgIpc) is 3.18. The minimum absolute atomic E-state index is 0.129. The molecule has 1 heterocycles. The van der Waals surface area contributed by atoms with Gasteiger partial charge in [0.05, 0.1) is 19.3 Å². The van der Waals surface area contributed by atoms with Gasteiger partial charge in [0, 0.05) is 11.3 Å². The number of esters is 1. The van der Waals surface area contributed by atoms with Gasteiger partial charge in [-0.1, -0.05) is 18.2 Å². The molecule has 0 bridgehead atoms. The SMILES string of the molecule is CCOC(=O)c1cccc(NC(=O)c2ncoc2-c2cccc(OC)c2)c1. The first-order valence-electron chi connectivity index (χ1n) is 8.28. The van der Waals surface area contributed by atoms with E-state index in [-0.39, 0.29) is 12.3 Å². The van der Waals surface area contributed by atoms with E-state index in [0.29, 0.717) is 28.3 Å². The summed E-state index contributed by atoms with van der Waals surface area (Å²) in [5.41, 5.74) is 1.59. The molecule has 0 spiro atoms. The number of oxazole rings is 1. The van der Waals surface area contributed by atoms with Crippen LogP contribution in [0.3, 0.4) is 0 Å². The van der Waals surface area contributed by atoms with Crippen molar-refractivity contribution in [3.8, 4) is 17.1 Å². The lowest BCUT2D eigenvalue weighted by Gasteiger charge is -2.07. The zero-order valence-corrected chi connectivity index (χ0v) is 14.9. The summed E-state index contributed by atoms with van der Waals surface area (Å²) in [5.74, 6) is 0.0556. The van der Waals surface area contributed by atoms with E-state index in [2.05, 4.69) is 10.3 Å². The number of hydrogen-bond acceptors (Lipinski definition) is 6. The summed E-state index contributed by atoms with van der Waals surface area (Å²) in [5, 5.41) is 2.72. The molecule has 3 aromatic rings. The molecule has 0 unspecified atom stereocenters. The maximum Gasteiger partial charge on any atom is 0.338 e. The molecule has 0 saturated heterocycles. The van der Waals surface area contributed by atoms with Crippen LogP contribution in [0.1, 0.15) is 27.8 Å². The summed E-state index contributed by atoms with van der Waals surface area (Å²) in [6, 6.07) is 13.6. The lowest BCUT2D eigenvalue weighted by Crippen LogP contribution is -2.14. The van der Waals surface area contributed by atoms with Crippen molar-refractivity contribution in [1.29, 1.82) is 0 Å². The molecule has 0 atom stereocenters. The van der Waals surface area contributed by atoms with Gasteiger partial charge in [0.15, 0.2) is 17.8 Å². The third-order valence-corrected chi connectivity index (χ3v) is 3.75. The first kappa shape index (κ1) is 18.2. The maximum atomic E-state index is 12.6. The Balaban J connectivity index is 1.83. The number of aromatic nitrogens is 1. The third-order valence-electron chi connectivity index (χ3n) is 3.75. The van der Waals surface area contributed by atoms with Crippen molar-refractivity contribution in [2.24, 2.45) is 0 Å². The van der Waals surface area contributed by atoms with Crippen molar-refractivity contribution in [1.82, 2.24) is 4.98 Å². The number of hydrogen-bond donors (Lipinski definition) is 1. The molecule has 0 saturated carbocycles. The number of ether oxygens (including phenoxy) is 2. The number of rotatable bonds is 6. The molecule has 138 valence electrons. The van der Waals surface area contributed by atoms with Crippen LogP contribution in [0.2, 0.25) is 0 Å². The van der Waals surface area contributed by atoms with E-state index in [0.717, 1.165) is 0 Å². The van der Waals surface area contributed by atoms with E-state index in [1.54, 1.807) is 62.6 Å². The Morgan fingerprint density at radius 3 is 2.74 bits per heavy atom. The number of carbonyl (C=O) groups excluding carboxylic acids is 2. The normalized spacial score (nSPS) is 10.3. The lowest BCUT2D eigenvalue weighted by atomic mass is 10.1. The molecular weight excluding hydrogens is 348 g/mol. The standard InChI is InChI=1S/C20H18N2O5/c1-3-26-20(24)14-7-4-8-15(10-14)22-19(23)17-18(27-12-21-17)13-6-5-9-16(11-13)25-2/h4-12H,3H2,1-2H3,(H,22,23). The Kier molecular flexibility index (Phi) is 5.51. The molecule has 0 aliphatic carbocycles. The first-order chi connectivity index (χ1) is 13.1. The molecular formula is C20H18N2O5. The fourth-order valence-corrected chi connectivity index (χ4v) is 2.51. The van der Waals surface area contributed by atoms with Crippen LogP contribution in [0.15, 0.2) is 59.3 Å². The predicted molar refractivity (Wildman–Crippen MR) is 98.8 cm³/mol. The monoisotopic (exact) mass is 366 g/mol. The highest BCUT2D eigenvalue weighted by atomic mass is 16.5. The quantitative estimate of drug-likeness (QED) is 0.668. The van der Waals surface area contributed by atoms with Gasteiger partial charge in [-0.3, -0.25) is 4.79 Å². The molecule has 1 amide bonds. The summed E-state index contributed by atoms with van der Waals surface area (Å²) in [6.45, 7) is 2.01. The van der Waals surface area contributed by atoms with Crippen LogP contribution < -0.4 is 10.1 Å². The van der Waals surface area contributed by atoms with Gasteiger partial charge in [-0.15, -0.1) is 0 Å². The molecule has 27 heavy (non-hydrogen) atoms. The second kappa shape index (κ2) is 8.18. The molecule has 0 fully saturated rings. The van der Waals surface area contributed by atoms with Crippen LogP contribution in [0.25, 0.3) is 11.3 Å². The maximum absolute atomic E-state index is 12.6. The highest BCUT2D eigenvalue weighted by Crippen LogP contribution is 2.27. The molecule has 0 aliphatic heterocycles. The number of amides is 1. The Bertz CT molecular complexity index is 964. The molecule has 0 radical (unpaired) electrons. The van der Waals surface area contributed by atoms with Gasteiger partial charge in [-0.05, 0) is 37.3 Å². The molecule has 1 aromatic heterocycles. The van der Waals surface area contributed by atoms with Gasteiger partial charge in [-0.2, -0.15) is 0 Å². The predicted octanol–water partition coefficient (Wildman–Crippen LogP) is 3.78. The third kappa shape index (κ3) is 4.14. The Hall–Kier alpha value is -3.61. The van der Waals surface area contributed by atoms with Gasteiger partial charge in [-0.25, -0.2) is 9.78 Å². The van der Waals surface area contributed by atoms with Crippen LogP contribution in [-0.4, -0.2) is 30.6 Å². The topological polar surface area (TPSA) is 90.7 Å². The number of benzene rings is 2. The summed E-state index contributed by atoms with van der Waals surface area (Å²) in [6.07, 6.45) is 1.21. The van der Waals surface area contributed by atoms with Crippen LogP contribution >= 0.6 is 0 Å². The Labute approximate surface area is 155 Å². The largest absolute Gasteiger partial charge is 0.497 e. The van der Waals surface area contributed by atoms with Crippen LogP contribution in [-0.2, 0) is 4.74 Å². The summed E-state index contributed by atoms with van der Waals surface area (Å²) in [4.78, 5) is 28.5. The van der Waals surface area contributed by atoms with Crippen molar-refractivity contribution in [3.05, 3.63) is 66.2 Å². The van der Waals surface area contributed by atoms with Gasteiger partial charge in [0.2, 0.25) is 0 Å². The van der Waals surface area contributed by atoms with Gasteiger partial charge in [0.25, 0.3) is 5.91 Å². The molecule has 7 nitrogen and oxygen atoms in total. The lowest BCUT2D eigenvalue weighted by molar-refractivity contribution is 0.0526. The number of nitrogens with zero attached hydrogens (tertiary/aromatic N) is 1. The molecule has 2 aromatic carbocycles. The summed E-state index contributed by atoms with van der Waals surface area (Å²) >= 11 is 0. The van der Waals surface area contributed by atoms with Gasteiger partial charge >= 0.3 is 5.97 Å². The molecule has 3 rings (SSSR count). The fourth-order valence-electron chi connectivity index (χ4n) is 2.51. The van der Waals surface area contributed by atoms with Crippen molar-refractivity contribution in [2.45, 2.75) is 6.92 Å². The van der Waals surface area contributed by atoms with Crippen molar-refractivity contribution >= 4 is 17.6 Å². The Morgan fingerprint density at radius 1 is 1.15 bits per heavy atom. The van der Waals surface area contributed by atoms with Crippen molar-refractivity contribution < 1.29 is 23.5 Å². The minimum atomic E-state index is -0.456. The second-order valence-corrected chi connectivity index (χ2v) is 5.52. The fraction of sp³-hybridized carbons (Fsp3) is 0.150. The number of nitrogens with one attached hydrogen (secondary N) is 1. The van der Waals surface area contributed by atoms with E-state index in [1.807, 2.05) is 0 Å². The number of methoxy groups -OCH3 is 1. The van der Waals surface area contributed by atoms with Crippen LogP contribution in [0.4, 0.5) is 5.69 Å². The summed E-state index contributed by atoms with van der Waals surface area (Å²) < 4.78 is 15.6. The average molecular weight is 366 g/mol. The smallest absolute Gasteiger partial charge is 0.338 e. The van der Waals surface area contributed by atoms with E-state index >= 15 is 0 Å². The highest BCUT2D eigenvalue weighted by molar-refractivity contribution is 6.06. The van der Waals surface area contributed by atoms with Crippen LogP contribution in [0, 0.1) is 0 Å². The molecule has 0 aliphatic rings. The molecule has 1 N–H and O–H groups in total. The first-order valence-corrected chi connectivity index (χ1v) is 8.28. The zero-order valence-electron chi connectivity index (χ0n) is 14.9.